The van der Waals surface area contributed by atoms with Crippen LogP contribution in [0.25, 0.3) is 11.5 Å². The molecule has 178 valence electrons. The van der Waals surface area contributed by atoms with Crippen LogP contribution in [-0.4, -0.2) is 40.4 Å². The summed E-state index contributed by atoms with van der Waals surface area (Å²) in [6, 6.07) is 19.9. The molecule has 0 unspecified atom stereocenters. The molecule has 4 rings (SSSR count). The van der Waals surface area contributed by atoms with Crippen LogP contribution in [0.1, 0.15) is 32.1 Å². The number of benzene rings is 3. The maximum atomic E-state index is 13.9. The molecule has 0 saturated carbocycles. The van der Waals surface area contributed by atoms with Crippen LogP contribution >= 0.6 is 11.6 Å². The van der Waals surface area contributed by atoms with Crippen molar-refractivity contribution in [2.24, 2.45) is 0 Å². The summed E-state index contributed by atoms with van der Waals surface area (Å²) in [5.74, 6) is -0.473. The number of nitrogens with one attached hydrogen (secondary N) is 1. The van der Waals surface area contributed by atoms with Gasteiger partial charge in [0.05, 0.1) is 5.56 Å². The highest BCUT2D eigenvalue weighted by molar-refractivity contribution is 6.30. The van der Waals surface area contributed by atoms with E-state index in [9.17, 15) is 14.0 Å². The molecule has 0 bridgehead atoms. The number of aromatic nitrogens is 2. The second kappa shape index (κ2) is 10.9. The first kappa shape index (κ1) is 24.1. The SMILES string of the molecule is CN(CCc1noc(-c2ccc(C(=O)NCc3ccc(Cl)cc3)cc2)n1)C(=O)c1ccccc1F. The molecule has 0 fully saturated rings. The summed E-state index contributed by atoms with van der Waals surface area (Å²) in [6.45, 7) is 0.678. The van der Waals surface area contributed by atoms with Gasteiger partial charge in [-0.25, -0.2) is 4.39 Å². The minimum absolute atomic E-state index is 0.0149. The van der Waals surface area contributed by atoms with Gasteiger partial charge >= 0.3 is 0 Å². The maximum Gasteiger partial charge on any atom is 0.257 e. The van der Waals surface area contributed by atoms with Gasteiger partial charge in [-0.3, -0.25) is 9.59 Å². The van der Waals surface area contributed by atoms with Gasteiger partial charge in [0, 0.05) is 42.7 Å². The van der Waals surface area contributed by atoms with E-state index < -0.39 is 11.7 Å². The number of carbonyl (C=O) groups is 2. The van der Waals surface area contributed by atoms with E-state index in [1.54, 1.807) is 49.5 Å². The minimum atomic E-state index is -0.562. The van der Waals surface area contributed by atoms with E-state index in [0.29, 0.717) is 47.4 Å². The molecular weight excluding hydrogens is 471 g/mol. The molecule has 0 aliphatic carbocycles. The molecule has 0 radical (unpaired) electrons. The van der Waals surface area contributed by atoms with Gasteiger partial charge in [0.25, 0.3) is 17.7 Å². The van der Waals surface area contributed by atoms with Gasteiger partial charge in [-0.15, -0.1) is 0 Å². The largest absolute Gasteiger partial charge is 0.348 e. The fourth-order valence-electron chi connectivity index (χ4n) is 3.33. The van der Waals surface area contributed by atoms with Crippen molar-refractivity contribution in [2.75, 3.05) is 13.6 Å². The lowest BCUT2D eigenvalue weighted by Crippen LogP contribution is -2.29. The van der Waals surface area contributed by atoms with Gasteiger partial charge < -0.3 is 14.7 Å². The van der Waals surface area contributed by atoms with Crippen LogP contribution in [0.3, 0.4) is 0 Å². The summed E-state index contributed by atoms with van der Waals surface area (Å²) in [4.78, 5) is 30.6. The first-order chi connectivity index (χ1) is 16.9. The zero-order chi connectivity index (χ0) is 24.8. The van der Waals surface area contributed by atoms with Crippen molar-refractivity contribution in [2.45, 2.75) is 13.0 Å². The molecule has 0 aliphatic heterocycles. The normalized spacial score (nSPS) is 10.7. The Balaban J connectivity index is 1.32. The van der Waals surface area contributed by atoms with E-state index in [0.717, 1.165) is 5.56 Å². The number of hydrogen-bond donors (Lipinski definition) is 1. The Labute approximate surface area is 206 Å². The molecule has 1 aromatic heterocycles. The molecule has 2 amide bonds. The molecule has 0 atom stereocenters. The van der Waals surface area contributed by atoms with E-state index >= 15 is 0 Å². The smallest absolute Gasteiger partial charge is 0.257 e. The fraction of sp³-hybridized carbons (Fsp3) is 0.154. The Kier molecular flexibility index (Phi) is 7.52. The number of carbonyl (C=O) groups excluding carboxylic acids is 2. The standard InChI is InChI=1S/C26H22ClFN4O3/c1-32(26(34)21-4-2-3-5-22(21)28)15-14-23-30-25(35-31-23)19-10-8-18(9-11-19)24(33)29-16-17-6-12-20(27)13-7-17/h2-13H,14-16H2,1H3,(H,29,33). The topological polar surface area (TPSA) is 88.3 Å². The molecule has 0 spiro atoms. The van der Waals surface area contributed by atoms with Crippen LogP contribution < -0.4 is 5.32 Å². The highest BCUT2D eigenvalue weighted by atomic mass is 35.5. The van der Waals surface area contributed by atoms with Crippen molar-refractivity contribution in [1.82, 2.24) is 20.4 Å². The number of amides is 2. The van der Waals surface area contributed by atoms with Crippen molar-refractivity contribution >= 4 is 23.4 Å². The average molecular weight is 493 g/mol. The van der Waals surface area contributed by atoms with Gasteiger partial charge in [0.1, 0.15) is 5.82 Å². The van der Waals surface area contributed by atoms with Gasteiger partial charge in [-0.2, -0.15) is 4.98 Å². The van der Waals surface area contributed by atoms with Crippen molar-refractivity contribution < 1.29 is 18.5 Å². The zero-order valence-electron chi connectivity index (χ0n) is 18.9. The van der Waals surface area contributed by atoms with Crippen molar-refractivity contribution in [1.29, 1.82) is 0 Å². The van der Waals surface area contributed by atoms with Crippen LogP contribution in [0.4, 0.5) is 4.39 Å². The number of likely N-dealkylation sites (N-methyl/N-ethyl adjacent to an activating group) is 1. The van der Waals surface area contributed by atoms with Crippen LogP contribution in [0.2, 0.25) is 5.02 Å². The molecule has 0 aliphatic rings. The highest BCUT2D eigenvalue weighted by Gasteiger charge is 2.17. The number of rotatable bonds is 8. The third-order valence-corrected chi connectivity index (χ3v) is 5.60. The van der Waals surface area contributed by atoms with E-state index in [1.807, 2.05) is 12.1 Å². The van der Waals surface area contributed by atoms with Crippen LogP contribution in [0.15, 0.2) is 77.3 Å². The molecule has 7 nitrogen and oxygen atoms in total. The monoisotopic (exact) mass is 492 g/mol. The van der Waals surface area contributed by atoms with E-state index in [1.165, 1.54) is 23.1 Å². The summed E-state index contributed by atoms with van der Waals surface area (Å²) in [5.41, 5.74) is 2.12. The Morgan fingerprint density at radius 3 is 2.46 bits per heavy atom. The third-order valence-electron chi connectivity index (χ3n) is 5.35. The summed E-state index contributed by atoms with van der Waals surface area (Å²) in [7, 11) is 1.59. The van der Waals surface area contributed by atoms with Crippen LogP contribution in [0, 0.1) is 5.82 Å². The lowest BCUT2D eigenvalue weighted by Gasteiger charge is -2.16. The fourth-order valence-corrected chi connectivity index (χ4v) is 3.46. The van der Waals surface area contributed by atoms with E-state index in [2.05, 4.69) is 15.5 Å². The third kappa shape index (κ3) is 6.10. The van der Waals surface area contributed by atoms with Crippen LogP contribution in [0.5, 0.6) is 0 Å². The number of nitrogens with zero attached hydrogens (tertiary/aromatic N) is 3. The molecule has 0 saturated heterocycles. The molecule has 1 N–H and O–H groups in total. The highest BCUT2D eigenvalue weighted by Crippen LogP contribution is 2.18. The Hall–Kier alpha value is -4.04. The summed E-state index contributed by atoms with van der Waals surface area (Å²) >= 11 is 5.88. The first-order valence-corrected chi connectivity index (χ1v) is 11.2. The van der Waals surface area contributed by atoms with Gasteiger partial charge in [-0.05, 0) is 54.1 Å². The zero-order valence-corrected chi connectivity index (χ0v) is 19.6. The predicted molar refractivity (Wildman–Crippen MR) is 129 cm³/mol. The van der Waals surface area contributed by atoms with Crippen molar-refractivity contribution in [3.05, 3.63) is 106 Å². The maximum absolute atomic E-state index is 13.9. The number of hydrogen-bond acceptors (Lipinski definition) is 5. The van der Waals surface area contributed by atoms with Crippen molar-refractivity contribution in [3.8, 4) is 11.5 Å². The Morgan fingerprint density at radius 1 is 1.03 bits per heavy atom. The van der Waals surface area contributed by atoms with Crippen LogP contribution in [-0.2, 0) is 13.0 Å². The first-order valence-electron chi connectivity index (χ1n) is 10.9. The van der Waals surface area contributed by atoms with Gasteiger partial charge in [0.2, 0.25) is 0 Å². The molecular formula is C26H22ClFN4O3. The lowest BCUT2D eigenvalue weighted by atomic mass is 10.1. The quantitative estimate of drug-likeness (QED) is 0.382. The summed E-state index contributed by atoms with van der Waals surface area (Å²) in [5, 5.41) is 7.46. The molecule has 1 heterocycles. The minimum Gasteiger partial charge on any atom is -0.348 e. The number of halogens is 2. The summed E-state index contributed by atoms with van der Waals surface area (Å²) < 4.78 is 19.2. The Morgan fingerprint density at radius 2 is 1.74 bits per heavy atom. The van der Waals surface area contributed by atoms with Gasteiger partial charge in [-0.1, -0.05) is 41.0 Å². The van der Waals surface area contributed by atoms with E-state index in [-0.39, 0.29) is 11.5 Å². The molecule has 4 aromatic rings. The molecule has 3 aromatic carbocycles. The van der Waals surface area contributed by atoms with Gasteiger partial charge in [0.15, 0.2) is 5.82 Å². The lowest BCUT2D eigenvalue weighted by molar-refractivity contribution is 0.0790. The second-order valence-electron chi connectivity index (χ2n) is 7.86. The Bertz CT molecular complexity index is 1320. The summed E-state index contributed by atoms with van der Waals surface area (Å²) in [6.07, 6.45) is 0.339. The second-order valence-corrected chi connectivity index (χ2v) is 8.30. The van der Waals surface area contributed by atoms with E-state index in [4.69, 9.17) is 16.1 Å². The van der Waals surface area contributed by atoms with Crippen molar-refractivity contribution in [3.63, 3.8) is 0 Å². The average Bonchev–Trinajstić information content (AvgIpc) is 3.36. The molecule has 35 heavy (non-hydrogen) atoms. The predicted octanol–water partition coefficient (Wildman–Crippen LogP) is 4.77. The molecule has 9 heteroatoms.